The van der Waals surface area contributed by atoms with Gasteiger partial charge >= 0.3 is 0 Å². The van der Waals surface area contributed by atoms with E-state index in [1.807, 2.05) is 6.92 Å². The minimum atomic E-state index is -0.221. The maximum Gasteiger partial charge on any atom is 0.287 e. The SMILES string of the molecule is CCOCCCNC(=NC)NCCNC(=O)c1ccco1.I. The summed E-state index contributed by atoms with van der Waals surface area (Å²) in [4.78, 5) is 15.7. The Balaban J connectivity index is 0.00000441. The Morgan fingerprint density at radius 1 is 1.27 bits per heavy atom. The molecule has 3 N–H and O–H groups in total. The Hall–Kier alpha value is -1.29. The number of carbonyl (C=O) groups is 1. The zero-order valence-electron chi connectivity index (χ0n) is 13.1. The Morgan fingerprint density at radius 2 is 2.00 bits per heavy atom. The summed E-state index contributed by atoms with van der Waals surface area (Å²) in [6, 6.07) is 3.31. The monoisotopic (exact) mass is 424 g/mol. The minimum absolute atomic E-state index is 0. The minimum Gasteiger partial charge on any atom is -0.459 e. The standard InChI is InChI=1S/C14H24N4O3.HI/c1-3-20-10-5-7-17-14(15-2)18-9-8-16-13(19)12-6-4-11-21-12;/h4,6,11H,3,5,7-10H2,1-2H3,(H,16,19)(H2,15,17,18);1H. The van der Waals surface area contributed by atoms with E-state index < -0.39 is 0 Å². The number of rotatable bonds is 9. The third-order valence-electron chi connectivity index (χ3n) is 2.63. The molecule has 1 heterocycles. The fourth-order valence-corrected chi connectivity index (χ4v) is 1.60. The Morgan fingerprint density at radius 3 is 2.64 bits per heavy atom. The lowest BCUT2D eigenvalue weighted by atomic mass is 10.4. The van der Waals surface area contributed by atoms with Crippen molar-refractivity contribution >= 4 is 35.8 Å². The molecule has 0 aromatic carbocycles. The number of halogens is 1. The van der Waals surface area contributed by atoms with Gasteiger partial charge in [0.25, 0.3) is 5.91 Å². The van der Waals surface area contributed by atoms with E-state index in [1.165, 1.54) is 6.26 Å². The molecule has 0 saturated carbocycles. The number of nitrogens with one attached hydrogen (secondary N) is 3. The first-order valence-corrected chi connectivity index (χ1v) is 7.12. The van der Waals surface area contributed by atoms with Crippen LogP contribution in [0.1, 0.15) is 23.9 Å². The second-order valence-electron chi connectivity index (χ2n) is 4.21. The molecule has 0 spiro atoms. The van der Waals surface area contributed by atoms with Gasteiger partial charge in [-0.05, 0) is 25.5 Å². The third-order valence-corrected chi connectivity index (χ3v) is 2.63. The molecule has 0 bridgehead atoms. The molecule has 0 aliphatic heterocycles. The van der Waals surface area contributed by atoms with E-state index in [9.17, 15) is 4.79 Å². The number of carbonyl (C=O) groups excluding carboxylic acids is 1. The van der Waals surface area contributed by atoms with Crippen LogP contribution in [0.25, 0.3) is 0 Å². The van der Waals surface area contributed by atoms with Gasteiger partial charge in [-0.25, -0.2) is 0 Å². The first-order valence-electron chi connectivity index (χ1n) is 7.12. The van der Waals surface area contributed by atoms with Gasteiger partial charge in [0.2, 0.25) is 0 Å². The number of hydrogen-bond donors (Lipinski definition) is 3. The van der Waals surface area contributed by atoms with Crippen LogP contribution in [0.15, 0.2) is 27.8 Å². The van der Waals surface area contributed by atoms with Gasteiger partial charge in [-0.1, -0.05) is 0 Å². The van der Waals surface area contributed by atoms with Crippen molar-refractivity contribution in [1.29, 1.82) is 0 Å². The lowest BCUT2D eigenvalue weighted by molar-refractivity contribution is 0.0926. The van der Waals surface area contributed by atoms with Crippen molar-refractivity contribution in [1.82, 2.24) is 16.0 Å². The molecule has 0 fully saturated rings. The van der Waals surface area contributed by atoms with Crippen LogP contribution in [-0.4, -0.2) is 51.8 Å². The number of furan rings is 1. The maximum absolute atomic E-state index is 11.6. The fraction of sp³-hybridized carbons (Fsp3) is 0.571. The lowest BCUT2D eigenvalue weighted by Crippen LogP contribution is -2.41. The summed E-state index contributed by atoms with van der Waals surface area (Å²) in [5.41, 5.74) is 0. The number of ether oxygens (including phenoxy) is 1. The fourth-order valence-electron chi connectivity index (χ4n) is 1.60. The quantitative estimate of drug-likeness (QED) is 0.240. The molecule has 22 heavy (non-hydrogen) atoms. The molecule has 1 aromatic rings. The molecule has 0 atom stereocenters. The van der Waals surface area contributed by atoms with Crippen LogP contribution < -0.4 is 16.0 Å². The molecule has 0 aliphatic carbocycles. The van der Waals surface area contributed by atoms with E-state index in [2.05, 4.69) is 20.9 Å². The van der Waals surface area contributed by atoms with Crippen LogP contribution in [0, 0.1) is 0 Å². The second kappa shape index (κ2) is 13.4. The molecule has 7 nitrogen and oxygen atoms in total. The normalized spacial score (nSPS) is 10.7. The average molecular weight is 424 g/mol. The number of amides is 1. The predicted molar refractivity (Wildman–Crippen MR) is 96.9 cm³/mol. The van der Waals surface area contributed by atoms with Crippen molar-refractivity contribution < 1.29 is 13.9 Å². The third kappa shape index (κ3) is 8.88. The molecule has 1 amide bonds. The summed E-state index contributed by atoms with van der Waals surface area (Å²) in [6.07, 6.45) is 2.39. The van der Waals surface area contributed by atoms with Gasteiger partial charge in [-0.15, -0.1) is 24.0 Å². The summed E-state index contributed by atoms with van der Waals surface area (Å²) in [6.45, 7) is 5.31. The van der Waals surface area contributed by atoms with Crippen LogP contribution in [-0.2, 0) is 4.74 Å². The predicted octanol–water partition coefficient (Wildman–Crippen LogP) is 1.22. The van der Waals surface area contributed by atoms with Gasteiger partial charge in [0.05, 0.1) is 6.26 Å². The topological polar surface area (TPSA) is 87.9 Å². The van der Waals surface area contributed by atoms with E-state index in [4.69, 9.17) is 9.15 Å². The lowest BCUT2D eigenvalue weighted by Gasteiger charge is -2.12. The molecule has 8 heteroatoms. The largest absolute Gasteiger partial charge is 0.459 e. The van der Waals surface area contributed by atoms with Gasteiger partial charge in [0.1, 0.15) is 0 Å². The number of nitrogens with zero attached hydrogens (tertiary/aromatic N) is 1. The van der Waals surface area contributed by atoms with Gasteiger partial charge in [0.15, 0.2) is 11.7 Å². The Bertz CT molecular complexity index is 424. The highest BCUT2D eigenvalue weighted by atomic mass is 127. The highest BCUT2D eigenvalue weighted by Gasteiger charge is 2.06. The van der Waals surface area contributed by atoms with Gasteiger partial charge in [-0.3, -0.25) is 9.79 Å². The van der Waals surface area contributed by atoms with Crippen molar-refractivity contribution in [2.45, 2.75) is 13.3 Å². The molecule has 0 aliphatic rings. The molecular weight excluding hydrogens is 399 g/mol. The van der Waals surface area contributed by atoms with E-state index in [1.54, 1.807) is 19.2 Å². The highest BCUT2D eigenvalue weighted by Crippen LogP contribution is 1.98. The van der Waals surface area contributed by atoms with Crippen molar-refractivity contribution in [2.24, 2.45) is 4.99 Å². The van der Waals surface area contributed by atoms with Gasteiger partial charge < -0.3 is 25.1 Å². The molecular formula is C14H25IN4O3. The zero-order chi connectivity index (χ0) is 15.3. The second-order valence-corrected chi connectivity index (χ2v) is 4.21. The van der Waals surface area contributed by atoms with Crippen molar-refractivity contribution in [3.8, 4) is 0 Å². The Labute approximate surface area is 148 Å². The van der Waals surface area contributed by atoms with E-state index >= 15 is 0 Å². The molecule has 1 rings (SSSR count). The van der Waals surface area contributed by atoms with E-state index in [-0.39, 0.29) is 29.9 Å². The summed E-state index contributed by atoms with van der Waals surface area (Å²) >= 11 is 0. The van der Waals surface area contributed by atoms with Crippen LogP contribution >= 0.6 is 24.0 Å². The number of aliphatic imine (C=N–C) groups is 1. The van der Waals surface area contributed by atoms with Crippen LogP contribution in [0.5, 0.6) is 0 Å². The first kappa shape index (κ1) is 20.7. The first-order chi connectivity index (χ1) is 10.3. The van der Waals surface area contributed by atoms with E-state index in [0.717, 1.165) is 26.2 Å². The van der Waals surface area contributed by atoms with Crippen LogP contribution in [0.4, 0.5) is 0 Å². The molecule has 0 radical (unpaired) electrons. The Kier molecular flexibility index (Phi) is 12.6. The number of hydrogen-bond acceptors (Lipinski definition) is 4. The molecule has 126 valence electrons. The summed E-state index contributed by atoms with van der Waals surface area (Å²) in [5.74, 6) is 0.800. The van der Waals surface area contributed by atoms with Crippen molar-refractivity contribution in [3.63, 3.8) is 0 Å². The average Bonchev–Trinajstić information content (AvgIpc) is 3.03. The smallest absolute Gasteiger partial charge is 0.287 e. The summed E-state index contributed by atoms with van der Waals surface area (Å²) in [7, 11) is 1.71. The summed E-state index contributed by atoms with van der Waals surface area (Å²) in [5, 5.41) is 9.04. The van der Waals surface area contributed by atoms with Crippen LogP contribution in [0.3, 0.4) is 0 Å². The van der Waals surface area contributed by atoms with Crippen LogP contribution in [0.2, 0.25) is 0 Å². The molecule has 0 saturated heterocycles. The molecule has 0 unspecified atom stereocenters. The maximum atomic E-state index is 11.6. The van der Waals surface area contributed by atoms with E-state index in [0.29, 0.717) is 24.8 Å². The zero-order valence-corrected chi connectivity index (χ0v) is 15.4. The molecule has 1 aromatic heterocycles. The number of guanidine groups is 1. The van der Waals surface area contributed by atoms with Crippen molar-refractivity contribution in [2.75, 3.05) is 39.9 Å². The van der Waals surface area contributed by atoms with Crippen molar-refractivity contribution in [3.05, 3.63) is 24.2 Å². The van der Waals surface area contributed by atoms with Gasteiger partial charge in [-0.2, -0.15) is 0 Å². The highest BCUT2D eigenvalue weighted by molar-refractivity contribution is 14.0. The summed E-state index contributed by atoms with van der Waals surface area (Å²) < 4.78 is 10.3. The van der Waals surface area contributed by atoms with Gasteiger partial charge in [0, 0.05) is 39.9 Å².